The molecule has 1 unspecified atom stereocenters. The topological polar surface area (TPSA) is 68.2 Å². The Hall–Kier alpha value is -3.28. The first-order chi connectivity index (χ1) is 14.6. The number of aromatic nitrogens is 3. The quantitative estimate of drug-likeness (QED) is 0.515. The average molecular weight is 405 g/mol. The first-order valence-electron chi connectivity index (χ1n) is 10.3. The van der Waals surface area contributed by atoms with E-state index in [1.165, 1.54) is 5.56 Å². The lowest BCUT2D eigenvalue weighted by molar-refractivity contribution is -0.128. The zero-order chi connectivity index (χ0) is 21.2. The van der Waals surface area contributed by atoms with Crippen molar-refractivity contribution in [2.24, 2.45) is 0 Å². The van der Waals surface area contributed by atoms with E-state index in [0.29, 0.717) is 18.2 Å². The Bertz CT molecular complexity index is 905. The Balaban J connectivity index is 1.50. The van der Waals surface area contributed by atoms with Crippen molar-refractivity contribution in [1.29, 1.82) is 0 Å². The van der Waals surface area contributed by atoms with Gasteiger partial charge in [0, 0.05) is 37.3 Å². The Morgan fingerprint density at radius 1 is 1.20 bits per heavy atom. The van der Waals surface area contributed by atoms with E-state index >= 15 is 0 Å². The van der Waals surface area contributed by atoms with Crippen molar-refractivity contribution in [2.75, 3.05) is 13.1 Å². The molecule has 3 rings (SSSR count). The first-order valence-corrected chi connectivity index (χ1v) is 10.3. The summed E-state index contributed by atoms with van der Waals surface area (Å²) in [4.78, 5) is 27.0. The molecule has 1 aliphatic rings. The molecule has 0 radical (unpaired) electrons. The highest BCUT2D eigenvalue weighted by Crippen LogP contribution is 2.17. The van der Waals surface area contributed by atoms with Crippen LogP contribution < -0.4 is 4.74 Å². The zero-order valence-corrected chi connectivity index (χ0v) is 17.6. The van der Waals surface area contributed by atoms with E-state index in [2.05, 4.69) is 21.9 Å². The van der Waals surface area contributed by atoms with E-state index in [1.54, 1.807) is 30.6 Å². The highest BCUT2D eigenvalue weighted by molar-refractivity contribution is 5.88. The van der Waals surface area contributed by atoms with Crippen molar-refractivity contribution in [2.45, 2.75) is 39.2 Å². The monoisotopic (exact) mass is 404 g/mol. The highest BCUT2D eigenvalue weighted by Gasteiger charge is 2.23. The molecule has 1 atom stereocenters. The molecule has 1 amide bonds. The van der Waals surface area contributed by atoms with Gasteiger partial charge in [-0.2, -0.15) is 0 Å². The Morgan fingerprint density at radius 2 is 2.00 bits per heavy atom. The van der Waals surface area contributed by atoms with Gasteiger partial charge in [0.05, 0.1) is 6.54 Å². The third-order valence-electron chi connectivity index (χ3n) is 4.83. The fourth-order valence-corrected chi connectivity index (χ4v) is 3.18. The fraction of sp³-hybridized carbons (Fsp3) is 0.333. The summed E-state index contributed by atoms with van der Waals surface area (Å²) in [7, 11) is 0. The molecule has 1 fully saturated rings. The van der Waals surface area contributed by atoms with Gasteiger partial charge in [-0.15, -0.1) is 0 Å². The summed E-state index contributed by atoms with van der Waals surface area (Å²) in [5.41, 5.74) is 2.19. The van der Waals surface area contributed by atoms with E-state index < -0.39 is 0 Å². The highest BCUT2D eigenvalue weighted by atomic mass is 16.5. The number of nitrogens with zero attached hydrogens (tertiary/aromatic N) is 4. The van der Waals surface area contributed by atoms with Crippen molar-refractivity contribution in [3.8, 4) is 5.88 Å². The van der Waals surface area contributed by atoms with Gasteiger partial charge in [0.2, 0.25) is 11.8 Å². The van der Waals surface area contributed by atoms with Gasteiger partial charge in [0.15, 0.2) is 5.82 Å². The molecular weight excluding hydrogens is 376 g/mol. The molecule has 2 aromatic rings. The second-order valence-electron chi connectivity index (χ2n) is 7.24. The maximum Gasteiger partial charge on any atom is 0.246 e. The van der Waals surface area contributed by atoms with Gasteiger partial charge < -0.3 is 9.64 Å². The molecule has 1 aliphatic heterocycles. The second kappa shape index (κ2) is 11.0. The van der Waals surface area contributed by atoms with Crippen LogP contribution in [0, 0.1) is 0 Å². The molecule has 2 aromatic heterocycles. The number of piperidine rings is 1. The first kappa shape index (κ1) is 21.4. The predicted molar refractivity (Wildman–Crippen MR) is 118 cm³/mol. The third kappa shape index (κ3) is 6.65. The molecular formula is C24H28N4O2. The van der Waals surface area contributed by atoms with Crippen LogP contribution in [0.25, 0.3) is 6.08 Å². The summed E-state index contributed by atoms with van der Waals surface area (Å²) < 4.78 is 5.99. The Labute approximate surface area is 178 Å². The van der Waals surface area contributed by atoms with Crippen LogP contribution >= 0.6 is 0 Å². The molecule has 0 spiro atoms. The van der Waals surface area contributed by atoms with Crippen molar-refractivity contribution >= 4 is 12.0 Å². The van der Waals surface area contributed by atoms with E-state index in [4.69, 9.17) is 4.74 Å². The van der Waals surface area contributed by atoms with E-state index in [-0.39, 0.29) is 12.0 Å². The average Bonchev–Trinajstić information content (AvgIpc) is 2.78. The maximum absolute atomic E-state index is 12.5. The minimum absolute atomic E-state index is 0.00438. The van der Waals surface area contributed by atoms with Gasteiger partial charge in [-0.3, -0.25) is 4.79 Å². The maximum atomic E-state index is 12.5. The lowest BCUT2D eigenvalue weighted by Crippen LogP contribution is -2.43. The molecule has 6 heteroatoms. The predicted octanol–water partition coefficient (Wildman–Crippen LogP) is 4.02. The van der Waals surface area contributed by atoms with Crippen molar-refractivity contribution in [1.82, 2.24) is 19.9 Å². The van der Waals surface area contributed by atoms with E-state index in [9.17, 15) is 4.79 Å². The summed E-state index contributed by atoms with van der Waals surface area (Å²) in [6, 6.07) is 5.72. The number of pyridine rings is 1. The minimum Gasteiger partial charge on any atom is -0.472 e. The van der Waals surface area contributed by atoms with E-state index in [0.717, 1.165) is 31.4 Å². The number of hydrogen-bond donors (Lipinski definition) is 0. The molecule has 0 N–H and O–H groups in total. The van der Waals surface area contributed by atoms with Gasteiger partial charge in [-0.25, -0.2) is 15.0 Å². The van der Waals surface area contributed by atoms with Crippen LogP contribution in [-0.4, -0.2) is 45.0 Å². The fourth-order valence-electron chi connectivity index (χ4n) is 3.18. The smallest absolute Gasteiger partial charge is 0.246 e. The Kier molecular flexibility index (Phi) is 7.89. The SMILES string of the molecule is CCc1ccc(OC2CCCN(C(=O)/C=C/C=C\C(C)=C\c3ncccn3)C2)nc1. The van der Waals surface area contributed by atoms with E-state index in [1.807, 2.05) is 48.4 Å². The van der Waals surface area contributed by atoms with Gasteiger partial charge in [0.25, 0.3) is 0 Å². The van der Waals surface area contributed by atoms with Crippen LogP contribution in [0.15, 0.2) is 66.7 Å². The molecule has 0 saturated carbocycles. The largest absolute Gasteiger partial charge is 0.472 e. The van der Waals surface area contributed by atoms with Crippen LogP contribution in [0.4, 0.5) is 0 Å². The van der Waals surface area contributed by atoms with Crippen molar-refractivity contribution < 1.29 is 9.53 Å². The van der Waals surface area contributed by atoms with Crippen LogP contribution in [0.1, 0.15) is 38.1 Å². The number of rotatable bonds is 7. The third-order valence-corrected chi connectivity index (χ3v) is 4.83. The van der Waals surface area contributed by atoms with Crippen LogP contribution in [0.3, 0.4) is 0 Å². The Morgan fingerprint density at radius 3 is 2.73 bits per heavy atom. The minimum atomic E-state index is -0.0253. The summed E-state index contributed by atoms with van der Waals surface area (Å²) >= 11 is 0. The van der Waals surface area contributed by atoms with Crippen molar-refractivity contribution in [3.63, 3.8) is 0 Å². The van der Waals surface area contributed by atoms with Gasteiger partial charge >= 0.3 is 0 Å². The zero-order valence-electron chi connectivity index (χ0n) is 17.6. The number of carbonyl (C=O) groups is 1. The number of ether oxygens (including phenoxy) is 1. The normalized spacial score (nSPS) is 17.6. The molecule has 1 saturated heterocycles. The number of carbonyl (C=O) groups excluding carboxylic acids is 1. The lowest BCUT2D eigenvalue weighted by Gasteiger charge is -2.32. The number of aryl methyl sites for hydroxylation is 1. The molecule has 156 valence electrons. The molecule has 30 heavy (non-hydrogen) atoms. The van der Waals surface area contributed by atoms with Crippen molar-refractivity contribution in [3.05, 3.63) is 78.1 Å². The number of allylic oxidation sites excluding steroid dienone is 4. The summed E-state index contributed by atoms with van der Waals surface area (Å²) in [5, 5.41) is 0. The van der Waals surface area contributed by atoms with Crippen LogP contribution in [0.5, 0.6) is 5.88 Å². The molecule has 0 aromatic carbocycles. The summed E-state index contributed by atoms with van der Waals surface area (Å²) in [6.07, 6.45) is 17.1. The molecule has 6 nitrogen and oxygen atoms in total. The number of amides is 1. The van der Waals surface area contributed by atoms with Gasteiger partial charge in [-0.1, -0.05) is 31.2 Å². The molecule has 0 aliphatic carbocycles. The lowest BCUT2D eigenvalue weighted by atomic mass is 10.1. The summed E-state index contributed by atoms with van der Waals surface area (Å²) in [5.74, 6) is 1.28. The molecule has 0 bridgehead atoms. The molecule has 3 heterocycles. The van der Waals surface area contributed by atoms with Crippen LogP contribution in [0.2, 0.25) is 0 Å². The van der Waals surface area contributed by atoms with Gasteiger partial charge in [-0.05, 0) is 49.5 Å². The van der Waals surface area contributed by atoms with Crippen LogP contribution in [-0.2, 0) is 11.2 Å². The number of hydrogen-bond acceptors (Lipinski definition) is 5. The summed E-state index contributed by atoms with van der Waals surface area (Å²) in [6.45, 7) is 5.39. The second-order valence-corrected chi connectivity index (χ2v) is 7.24. The number of likely N-dealkylation sites (tertiary alicyclic amines) is 1. The standard InChI is InChI=1S/C24H28N4O2/c1-3-20-11-12-23(27-17-20)30-21-9-6-15-28(18-21)24(29)10-5-4-8-19(2)16-22-25-13-7-14-26-22/h4-5,7-8,10-14,16-17,21H,3,6,9,15,18H2,1-2H3/b8-4-,10-5+,19-16+. The van der Waals surface area contributed by atoms with Gasteiger partial charge in [0.1, 0.15) is 6.10 Å².